The average molecular weight is 361 g/mol. The number of urea groups is 1. The van der Waals surface area contributed by atoms with Gasteiger partial charge in [-0.3, -0.25) is 4.79 Å². The number of hydrogen-bond donors (Lipinski definition) is 1. The summed E-state index contributed by atoms with van der Waals surface area (Å²) in [7, 11) is 1.62. The first-order valence-corrected chi connectivity index (χ1v) is 9.13. The number of methoxy groups -OCH3 is 1. The molecule has 0 saturated carbocycles. The summed E-state index contributed by atoms with van der Waals surface area (Å²) in [5.41, 5.74) is 2.07. The molecule has 1 aromatic rings. The number of carbonyl (C=O) groups is 2. The molecule has 0 atom stereocenters. The van der Waals surface area contributed by atoms with Gasteiger partial charge < -0.3 is 19.9 Å². The van der Waals surface area contributed by atoms with Crippen LogP contribution < -0.4 is 10.1 Å². The molecule has 6 heteroatoms. The number of nitrogens with zero attached hydrogens (tertiary/aromatic N) is 2. The maximum Gasteiger partial charge on any atom is 0.317 e. The Kier molecular flexibility index (Phi) is 6.51. The molecule has 1 aliphatic rings. The number of benzene rings is 1. The standard InChI is InChI=1S/C20H31N3O3/c1-15-6-7-17(26-5)16(12-15)13-18(24)22-8-10-23(11-9-22)19(25)21-14-20(2,3)4/h6-7,12H,8-11,13-14H2,1-5H3,(H,21,25). The van der Waals surface area contributed by atoms with E-state index in [-0.39, 0.29) is 17.4 Å². The van der Waals surface area contributed by atoms with E-state index in [0.717, 1.165) is 16.9 Å². The van der Waals surface area contributed by atoms with Crippen LogP contribution in [0.15, 0.2) is 18.2 Å². The van der Waals surface area contributed by atoms with Crippen molar-refractivity contribution in [1.29, 1.82) is 0 Å². The van der Waals surface area contributed by atoms with Crippen molar-refractivity contribution in [2.75, 3.05) is 39.8 Å². The fourth-order valence-corrected chi connectivity index (χ4v) is 2.93. The van der Waals surface area contributed by atoms with Gasteiger partial charge in [0.15, 0.2) is 0 Å². The number of rotatable bonds is 4. The zero-order valence-electron chi connectivity index (χ0n) is 16.6. The van der Waals surface area contributed by atoms with Crippen LogP contribution in [-0.4, -0.2) is 61.6 Å². The van der Waals surface area contributed by atoms with E-state index in [4.69, 9.17) is 4.74 Å². The zero-order chi connectivity index (χ0) is 19.3. The molecule has 144 valence electrons. The van der Waals surface area contributed by atoms with Crippen LogP contribution >= 0.6 is 0 Å². The lowest BCUT2D eigenvalue weighted by atomic mass is 9.97. The van der Waals surface area contributed by atoms with E-state index in [2.05, 4.69) is 26.1 Å². The molecule has 0 aliphatic carbocycles. The van der Waals surface area contributed by atoms with E-state index < -0.39 is 0 Å². The molecule has 2 rings (SSSR count). The minimum absolute atomic E-state index is 0.0487. The quantitative estimate of drug-likeness (QED) is 0.896. The number of ether oxygens (including phenoxy) is 1. The normalized spacial score (nSPS) is 15.0. The second-order valence-corrected chi connectivity index (χ2v) is 8.08. The Morgan fingerprint density at radius 1 is 1.12 bits per heavy atom. The van der Waals surface area contributed by atoms with Gasteiger partial charge in [-0.15, -0.1) is 0 Å². The van der Waals surface area contributed by atoms with Crippen molar-refractivity contribution in [1.82, 2.24) is 15.1 Å². The molecule has 0 spiro atoms. The van der Waals surface area contributed by atoms with Crippen LogP contribution in [0.25, 0.3) is 0 Å². The summed E-state index contributed by atoms with van der Waals surface area (Å²) in [6.07, 6.45) is 0.321. The highest BCUT2D eigenvalue weighted by Crippen LogP contribution is 2.21. The molecule has 1 N–H and O–H groups in total. The second kappa shape index (κ2) is 8.43. The molecule has 1 heterocycles. The van der Waals surface area contributed by atoms with E-state index in [1.807, 2.05) is 30.0 Å². The molecule has 0 radical (unpaired) electrons. The highest BCUT2D eigenvalue weighted by molar-refractivity contribution is 5.80. The molecule has 0 aromatic heterocycles. The Hall–Kier alpha value is -2.24. The zero-order valence-corrected chi connectivity index (χ0v) is 16.6. The van der Waals surface area contributed by atoms with Crippen molar-refractivity contribution in [3.05, 3.63) is 29.3 Å². The van der Waals surface area contributed by atoms with Gasteiger partial charge in [0.1, 0.15) is 5.75 Å². The summed E-state index contributed by atoms with van der Waals surface area (Å²) < 4.78 is 5.36. The lowest BCUT2D eigenvalue weighted by molar-refractivity contribution is -0.131. The first kappa shape index (κ1) is 20.1. The van der Waals surface area contributed by atoms with Gasteiger partial charge in [0, 0.05) is 38.3 Å². The van der Waals surface area contributed by atoms with Crippen molar-refractivity contribution in [2.24, 2.45) is 5.41 Å². The fourth-order valence-electron chi connectivity index (χ4n) is 2.93. The minimum Gasteiger partial charge on any atom is -0.496 e. The number of amides is 3. The summed E-state index contributed by atoms with van der Waals surface area (Å²) in [6.45, 7) is 11.2. The summed E-state index contributed by atoms with van der Waals surface area (Å²) in [6, 6.07) is 5.82. The van der Waals surface area contributed by atoms with Gasteiger partial charge in [-0.25, -0.2) is 4.79 Å². The van der Waals surface area contributed by atoms with Gasteiger partial charge in [-0.05, 0) is 18.4 Å². The van der Waals surface area contributed by atoms with Crippen LogP contribution in [0.1, 0.15) is 31.9 Å². The lowest BCUT2D eigenvalue weighted by Gasteiger charge is -2.35. The predicted octanol–water partition coefficient (Wildman–Crippen LogP) is 2.45. The first-order chi connectivity index (χ1) is 12.2. The Morgan fingerprint density at radius 2 is 1.73 bits per heavy atom. The number of carbonyl (C=O) groups excluding carboxylic acids is 2. The van der Waals surface area contributed by atoms with Gasteiger partial charge in [-0.1, -0.05) is 38.5 Å². The number of nitrogens with one attached hydrogen (secondary N) is 1. The van der Waals surface area contributed by atoms with E-state index in [9.17, 15) is 9.59 Å². The third-order valence-corrected chi connectivity index (χ3v) is 4.47. The largest absolute Gasteiger partial charge is 0.496 e. The van der Waals surface area contributed by atoms with Gasteiger partial charge in [0.05, 0.1) is 13.5 Å². The first-order valence-electron chi connectivity index (χ1n) is 9.13. The Balaban J connectivity index is 1.87. The van der Waals surface area contributed by atoms with Crippen LogP contribution in [-0.2, 0) is 11.2 Å². The van der Waals surface area contributed by atoms with Crippen LogP contribution in [0.2, 0.25) is 0 Å². The van der Waals surface area contributed by atoms with E-state index in [1.54, 1.807) is 12.0 Å². The summed E-state index contributed by atoms with van der Waals surface area (Å²) in [4.78, 5) is 28.5. The Labute approximate surface area is 156 Å². The van der Waals surface area contributed by atoms with Gasteiger partial charge in [0.25, 0.3) is 0 Å². The molecular weight excluding hydrogens is 330 g/mol. The summed E-state index contributed by atoms with van der Waals surface area (Å²) in [5, 5.41) is 2.96. The van der Waals surface area contributed by atoms with Crippen molar-refractivity contribution < 1.29 is 14.3 Å². The number of piperazine rings is 1. The highest BCUT2D eigenvalue weighted by atomic mass is 16.5. The fraction of sp³-hybridized carbons (Fsp3) is 0.600. The molecule has 1 fully saturated rings. The van der Waals surface area contributed by atoms with Crippen LogP contribution in [0.3, 0.4) is 0 Å². The van der Waals surface area contributed by atoms with Crippen LogP contribution in [0, 0.1) is 12.3 Å². The van der Waals surface area contributed by atoms with Gasteiger partial charge in [-0.2, -0.15) is 0 Å². The highest BCUT2D eigenvalue weighted by Gasteiger charge is 2.25. The molecular formula is C20H31N3O3. The van der Waals surface area contributed by atoms with E-state index >= 15 is 0 Å². The number of hydrogen-bond acceptors (Lipinski definition) is 3. The van der Waals surface area contributed by atoms with Crippen LogP contribution in [0.5, 0.6) is 5.75 Å². The molecule has 6 nitrogen and oxygen atoms in total. The van der Waals surface area contributed by atoms with Crippen molar-refractivity contribution in [2.45, 2.75) is 34.1 Å². The third-order valence-electron chi connectivity index (χ3n) is 4.47. The molecule has 26 heavy (non-hydrogen) atoms. The Morgan fingerprint density at radius 3 is 2.31 bits per heavy atom. The Bertz CT molecular complexity index is 644. The third kappa shape index (κ3) is 5.64. The SMILES string of the molecule is COc1ccc(C)cc1CC(=O)N1CCN(C(=O)NCC(C)(C)C)CC1. The predicted molar refractivity (Wildman–Crippen MR) is 102 cm³/mol. The van der Waals surface area contributed by atoms with E-state index in [1.165, 1.54) is 0 Å². The number of aryl methyl sites for hydroxylation is 1. The van der Waals surface area contributed by atoms with E-state index in [0.29, 0.717) is 39.1 Å². The summed E-state index contributed by atoms with van der Waals surface area (Å²) in [5.74, 6) is 0.813. The molecule has 1 aromatic carbocycles. The molecule has 1 saturated heterocycles. The molecule has 1 aliphatic heterocycles. The van der Waals surface area contributed by atoms with Crippen molar-refractivity contribution in [3.8, 4) is 5.75 Å². The minimum atomic E-state index is -0.0487. The van der Waals surface area contributed by atoms with Crippen molar-refractivity contribution >= 4 is 11.9 Å². The lowest BCUT2D eigenvalue weighted by Crippen LogP contribution is -2.54. The molecule has 0 bridgehead atoms. The maximum absolute atomic E-state index is 12.6. The molecule has 3 amide bonds. The van der Waals surface area contributed by atoms with Crippen LogP contribution in [0.4, 0.5) is 4.79 Å². The van der Waals surface area contributed by atoms with Gasteiger partial charge >= 0.3 is 6.03 Å². The topological polar surface area (TPSA) is 61.9 Å². The second-order valence-electron chi connectivity index (χ2n) is 8.08. The monoisotopic (exact) mass is 361 g/mol. The summed E-state index contributed by atoms with van der Waals surface area (Å²) >= 11 is 0. The molecule has 0 unspecified atom stereocenters. The average Bonchev–Trinajstić information content (AvgIpc) is 2.59. The van der Waals surface area contributed by atoms with Gasteiger partial charge in [0.2, 0.25) is 5.91 Å². The van der Waals surface area contributed by atoms with Crippen molar-refractivity contribution in [3.63, 3.8) is 0 Å². The smallest absolute Gasteiger partial charge is 0.317 e. The maximum atomic E-state index is 12.6.